The Morgan fingerprint density at radius 1 is 1.06 bits per heavy atom. The Bertz CT molecular complexity index is 1100. The first-order valence-corrected chi connectivity index (χ1v) is 11.8. The van der Waals surface area contributed by atoms with Gasteiger partial charge in [-0.25, -0.2) is 4.79 Å². The van der Waals surface area contributed by atoms with E-state index in [1.165, 1.54) is 4.90 Å². The van der Waals surface area contributed by atoms with Crippen molar-refractivity contribution < 1.29 is 29.0 Å². The highest BCUT2D eigenvalue weighted by Crippen LogP contribution is 2.44. The van der Waals surface area contributed by atoms with Crippen LogP contribution in [0, 0.1) is 5.92 Å². The lowest BCUT2D eigenvalue weighted by molar-refractivity contribution is -0.145. The van der Waals surface area contributed by atoms with E-state index < -0.39 is 24.1 Å². The number of likely N-dealkylation sites (tertiary alicyclic amines) is 1. The molecule has 184 valence electrons. The summed E-state index contributed by atoms with van der Waals surface area (Å²) in [4.78, 5) is 38.0. The number of hydrogen-bond donors (Lipinski definition) is 2. The maximum Gasteiger partial charge on any atom is 0.407 e. The number of nitrogens with one attached hydrogen (secondary N) is 1. The van der Waals surface area contributed by atoms with Gasteiger partial charge in [0, 0.05) is 37.7 Å². The summed E-state index contributed by atoms with van der Waals surface area (Å²) in [6.45, 7) is 4.49. The van der Waals surface area contributed by atoms with Gasteiger partial charge in [0.25, 0.3) is 0 Å². The van der Waals surface area contributed by atoms with E-state index in [9.17, 15) is 19.5 Å². The van der Waals surface area contributed by atoms with Crippen LogP contribution < -0.4 is 5.32 Å². The van der Waals surface area contributed by atoms with Crippen molar-refractivity contribution in [2.75, 3.05) is 32.8 Å². The highest BCUT2D eigenvalue weighted by Gasteiger charge is 2.40. The van der Waals surface area contributed by atoms with Gasteiger partial charge in [0.15, 0.2) is 0 Å². The standard InChI is InChI=1S/C27H30N2O6/c1-3-34-24-15-29(14-22(24)26(31)32)25(30)17(2)12-13-28-27(33)35-16-23-20-10-6-4-8-18(20)19-9-5-7-11-21(19)23/h4-12,22-24H,3,13-16H2,1-2H3,(H,28,33)(H,31,32)/b17-12+. The molecule has 2 amide bonds. The van der Waals surface area contributed by atoms with Crippen LogP contribution in [0.5, 0.6) is 0 Å². The van der Waals surface area contributed by atoms with Gasteiger partial charge in [-0.15, -0.1) is 0 Å². The second-order valence-corrected chi connectivity index (χ2v) is 8.74. The molecule has 1 fully saturated rings. The Hall–Kier alpha value is -3.65. The number of alkyl carbamates (subject to hydrolysis) is 1. The van der Waals surface area contributed by atoms with E-state index in [-0.39, 0.29) is 38.1 Å². The molecule has 1 heterocycles. The molecule has 1 aliphatic carbocycles. The molecule has 0 aromatic heterocycles. The summed E-state index contributed by atoms with van der Waals surface area (Å²) in [5.41, 5.74) is 5.02. The van der Waals surface area contributed by atoms with Crippen molar-refractivity contribution in [3.05, 3.63) is 71.3 Å². The van der Waals surface area contributed by atoms with Crippen LogP contribution >= 0.6 is 0 Å². The number of carbonyl (C=O) groups excluding carboxylic acids is 2. The molecule has 0 bridgehead atoms. The Balaban J connectivity index is 1.29. The molecule has 1 aliphatic heterocycles. The zero-order valence-corrected chi connectivity index (χ0v) is 19.9. The summed E-state index contributed by atoms with van der Waals surface area (Å²) in [6, 6.07) is 16.2. The number of carboxylic acids is 1. The molecular weight excluding hydrogens is 448 g/mol. The minimum atomic E-state index is -0.975. The lowest BCUT2D eigenvalue weighted by atomic mass is 9.98. The van der Waals surface area contributed by atoms with Crippen molar-refractivity contribution in [1.29, 1.82) is 0 Å². The van der Waals surface area contributed by atoms with Gasteiger partial charge >= 0.3 is 12.1 Å². The largest absolute Gasteiger partial charge is 0.481 e. The van der Waals surface area contributed by atoms with Crippen molar-refractivity contribution in [2.45, 2.75) is 25.9 Å². The fourth-order valence-corrected chi connectivity index (χ4v) is 4.83. The molecule has 0 saturated carbocycles. The summed E-state index contributed by atoms with van der Waals surface area (Å²) in [6.07, 6.45) is 0.521. The number of rotatable bonds is 8. The molecule has 2 aliphatic rings. The van der Waals surface area contributed by atoms with E-state index in [0.29, 0.717) is 12.2 Å². The van der Waals surface area contributed by atoms with Gasteiger partial charge in [-0.1, -0.05) is 54.6 Å². The predicted molar refractivity (Wildman–Crippen MR) is 130 cm³/mol. The fourth-order valence-electron chi connectivity index (χ4n) is 4.83. The smallest absolute Gasteiger partial charge is 0.407 e. The molecule has 1 saturated heterocycles. The zero-order valence-electron chi connectivity index (χ0n) is 19.9. The number of nitrogens with zero attached hydrogens (tertiary/aromatic N) is 1. The average Bonchev–Trinajstić information content (AvgIpc) is 3.42. The molecule has 2 atom stereocenters. The van der Waals surface area contributed by atoms with E-state index in [0.717, 1.165) is 22.3 Å². The van der Waals surface area contributed by atoms with Gasteiger partial charge in [0.2, 0.25) is 5.91 Å². The molecule has 8 heteroatoms. The van der Waals surface area contributed by atoms with E-state index in [4.69, 9.17) is 9.47 Å². The summed E-state index contributed by atoms with van der Waals surface area (Å²) in [7, 11) is 0. The first kappa shape index (κ1) is 24.5. The number of benzene rings is 2. The second kappa shape index (κ2) is 10.7. The second-order valence-electron chi connectivity index (χ2n) is 8.74. The Morgan fingerprint density at radius 3 is 2.29 bits per heavy atom. The third-order valence-electron chi connectivity index (χ3n) is 6.59. The normalized spacial score (nSPS) is 19.3. The van der Waals surface area contributed by atoms with Crippen LogP contribution in [0.3, 0.4) is 0 Å². The minimum absolute atomic E-state index is 0.0253. The number of fused-ring (bicyclic) bond motifs is 3. The van der Waals surface area contributed by atoms with Gasteiger partial charge in [0.1, 0.15) is 12.5 Å². The summed E-state index contributed by atoms with van der Waals surface area (Å²) in [5.74, 6) is -2.02. The molecule has 0 spiro atoms. The maximum atomic E-state index is 12.7. The van der Waals surface area contributed by atoms with Gasteiger partial charge in [-0.3, -0.25) is 9.59 Å². The lowest BCUT2D eigenvalue weighted by Crippen LogP contribution is -2.31. The molecule has 2 aromatic rings. The first-order valence-electron chi connectivity index (χ1n) is 11.8. The number of aliphatic carboxylic acids is 1. The van der Waals surface area contributed by atoms with Crippen LogP contribution in [0.2, 0.25) is 0 Å². The quantitative estimate of drug-likeness (QED) is 0.564. The first-order chi connectivity index (χ1) is 16.9. The SMILES string of the molecule is CCOC1CN(C(=O)/C(C)=C/CNC(=O)OCC2c3ccccc3-c3ccccc32)CC1C(=O)O. The van der Waals surface area contributed by atoms with Gasteiger partial charge < -0.3 is 24.8 Å². The topological polar surface area (TPSA) is 105 Å². The van der Waals surface area contributed by atoms with Crippen molar-refractivity contribution in [2.24, 2.45) is 5.92 Å². The molecule has 0 radical (unpaired) electrons. The summed E-state index contributed by atoms with van der Waals surface area (Å²) in [5, 5.41) is 12.1. The number of amides is 2. The van der Waals surface area contributed by atoms with Crippen LogP contribution in [-0.2, 0) is 19.1 Å². The molecule has 4 rings (SSSR count). The highest BCUT2D eigenvalue weighted by atomic mass is 16.5. The Morgan fingerprint density at radius 2 is 1.69 bits per heavy atom. The lowest BCUT2D eigenvalue weighted by Gasteiger charge is -2.17. The summed E-state index contributed by atoms with van der Waals surface area (Å²) >= 11 is 0. The highest BCUT2D eigenvalue weighted by molar-refractivity contribution is 5.93. The zero-order chi connectivity index (χ0) is 24.9. The number of carboxylic acid groups (broad SMARTS) is 1. The molecule has 2 N–H and O–H groups in total. The van der Waals surface area contributed by atoms with E-state index in [1.54, 1.807) is 19.9 Å². The molecular formula is C27H30N2O6. The van der Waals surface area contributed by atoms with Crippen LogP contribution in [-0.4, -0.2) is 66.9 Å². The van der Waals surface area contributed by atoms with E-state index >= 15 is 0 Å². The van der Waals surface area contributed by atoms with Crippen molar-refractivity contribution >= 4 is 18.0 Å². The van der Waals surface area contributed by atoms with Gasteiger partial charge in [0.05, 0.1) is 6.10 Å². The molecule has 35 heavy (non-hydrogen) atoms. The maximum absolute atomic E-state index is 12.7. The number of ether oxygens (including phenoxy) is 2. The van der Waals surface area contributed by atoms with Gasteiger partial charge in [-0.2, -0.15) is 0 Å². The summed E-state index contributed by atoms with van der Waals surface area (Å²) < 4.78 is 11.0. The van der Waals surface area contributed by atoms with Gasteiger partial charge in [-0.05, 0) is 36.1 Å². The number of carbonyl (C=O) groups is 3. The Kier molecular flexibility index (Phi) is 7.51. The number of hydrogen-bond acceptors (Lipinski definition) is 5. The van der Waals surface area contributed by atoms with Crippen LogP contribution in [0.25, 0.3) is 11.1 Å². The van der Waals surface area contributed by atoms with Crippen molar-refractivity contribution in [3.63, 3.8) is 0 Å². The Labute approximate surface area is 204 Å². The fraction of sp³-hybridized carbons (Fsp3) is 0.370. The van der Waals surface area contributed by atoms with Crippen molar-refractivity contribution in [1.82, 2.24) is 10.2 Å². The monoisotopic (exact) mass is 478 g/mol. The third-order valence-corrected chi connectivity index (χ3v) is 6.59. The predicted octanol–water partition coefficient (Wildman–Crippen LogP) is 3.42. The molecule has 8 nitrogen and oxygen atoms in total. The average molecular weight is 479 g/mol. The third kappa shape index (κ3) is 5.22. The van der Waals surface area contributed by atoms with E-state index in [2.05, 4.69) is 29.6 Å². The van der Waals surface area contributed by atoms with Crippen LogP contribution in [0.4, 0.5) is 4.79 Å². The van der Waals surface area contributed by atoms with E-state index in [1.807, 2.05) is 24.3 Å². The van der Waals surface area contributed by atoms with Crippen molar-refractivity contribution in [3.8, 4) is 11.1 Å². The molecule has 2 aromatic carbocycles. The van der Waals surface area contributed by atoms with Crippen LogP contribution in [0.1, 0.15) is 30.9 Å². The van der Waals surface area contributed by atoms with Crippen LogP contribution in [0.15, 0.2) is 60.2 Å². The minimum Gasteiger partial charge on any atom is -0.481 e. The molecule has 2 unspecified atom stereocenters.